The number of thiophene rings is 1. The third-order valence-electron chi connectivity index (χ3n) is 15.2. The van der Waals surface area contributed by atoms with Crippen LogP contribution in [0.3, 0.4) is 0 Å². The van der Waals surface area contributed by atoms with Gasteiger partial charge in [0.2, 0.25) is 0 Å². The van der Waals surface area contributed by atoms with E-state index in [1.807, 2.05) is 11.3 Å². The first kappa shape index (κ1) is 44.7. The number of benzene rings is 10. The summed E-state index contributed by atoms with van der Waals surface area (Å²) in [7, 11) is 0. The van der Waals surface area contributed by atoms with Crippen LogP contribution >= 0.6 is 11.3 Å². The molecule has 0 radical (unpaired) electrons. The number of hydrogen-bond acceptors (Lipinski definition) is 2. The monoisotopic (exact) mass is 933 g/mol. The predicted molar refractivity (Wildman–Crippen MR) is 308 cm³/mol. The Hall–Kier alpha value is -7.52. The minimum Gasteiger partial charge on any atom is -0.310 e. The summed E-state index contributed by atoms with van der Waals surface area (Å²) in [5.74, 6) is 0. The molecule has 0 bridgehead atoms. The van der Waals surface area contributed by atoms with Crippen LogP contribution in [0.25, 0.3) is 86.6 Å². The predicted octanol–water partition coefficient (Wildman–Crippen LogP) is 20.2. The van der Waals surface area contributed by atoms with Gasteiger partial charge >= 0.3 is 0 Å². The van der Waals surface area contributed by atoms with Crippen molar-refractivity contribution in [3.63, 3.8) is 0 Å². The van der Waals surface area contributed by atoms with E-state index in [1.165, 1.54) is 109 Å². The van der Waals surface area contributed by atoms with Crippen molar-refractivity contribution in [1.29, 1.82) is 0 Å². The summed E-state index contributed by atoms with van der Waals surface area (Å²) in [6, 6.07) is 79.9. The lowest BCUT2D eigenvalue weighted by molar-refractivity contribution is 0.569. The second kappa shape index (κ2) is 16.8. The highest BCUT2D eigenvalue weighted by Gasteiger charge is 2.35. The summed E-state index contributed by atoms with van der Waals surface area (Å²) in [5, 5.41) is 5.13. The molecule has 1 aliphatic rings. The van der Waals surface area contributed by atoms with Gasteiger partial charge in [-0.1, -0.05) is 219 Å². The number of nitrogens with zero attached hydrogens (tertiary/aromatic N) is 1. The van der Waals surface area contributed by atoms with Crippen LogP contribution in [0, 0.1) is 0 Å². The number of hydrogen-bond donors (Lipinski definition) is 0. The third-order valence-corrected chi connectivity index (χ3v) is 16.3. The maximum absolute atomic E-state index is 2.46. The molecule has 1 aliphatic carbocycles. The van der Waals surface area contributed by atoms with Gasteiger partial charge in [-0.05, 0) is 142 Å². The van der Waals surface area contributed by atoms with Crippen molar-refractivity contribution in [2.45, 2.75) is 71.6 Å². The zero-order chi connectivity index (χ0) is 48.8. The van der Waals surface area contributed by atoms with Gasteiger partial charge in [0.15, 0.2) is 0 Å². The number of anilines is 3. The first-order chi connectivity index (χ1) is 34.2. The lowest BCUT2D eigenvalue weighted by Gasteiger charge is -2.29. The molecule has 0 unspecified atom stereocenters. The standard InChI is InChI=1S/C69H59NS/c1-67(2,3)49-40-48(41-50(43-49)68(4,5)6)54-23-15-18-46-19-16-25-58(65(46)54)57-21-10-13-27-62(57)70(52-37-32-45(33-38-52)53-24-17-29-64-66(53)59-22-11-14-28-63(59)71-64)51-35-30-44(31-36-51)47-34-39-56-55-20-9-12-26-60(55)69(7,8)61(56)42-47/h9-43H,1-8H3. The maximum atomic E-state index is 2.46. The molecule has 2 heteroatoms. The van der Waals surface area contributed by atoms with Crippen molar-refractivity contribution in [1.82, 2.24) is 0 Å². The van der Waals surface area contributed by atoms with Crippen molar-refractivity contribution < 1.29 is 0 Å². The van der Waals surface area contributed by atoms with Gasteiger partial charge in [0, 0.05) is 42.5 Å². The Morgan fingerprint density at radius 3 is 1.58 bits per heavy atom. The molecule has 12 rings (SSSR count). The van der Waals surface area contributed by atoms with Crippen molar-refractivity contribution in [2.24, 2.45) is 0 Å². The molecular formula is C69H59NS. The average Bonchev–Trinajstić information content (AvgIpc) is 3.88. The Morgan fingerprint density at radius 1 is 0.366 bits per heavy atom. The highest BCUT2D eigenvalue weighted by molar-refractivity contribution is 7.25. The second-order valence-corrected chi connectivity index (χ2v) is 23.2. The Labute approximate surface area is 423 Å². The van der Waals surface area contributed by atoms with Gasteiger partial charge in [-0.25, -0.2) is 0 Å². The second-order valence-electron chi connectivity index (χ2n) is 22.2. The van der Waals surface area contributed by atoms with Crippen LogP contribution in [0.5, 0.6) is 0 Å². The minimum atomic E-state index is -0.0671. The quantitative estimate of drug-likeness (QED) is 0.154. The summed E-state index contributed by atoms with van der Waals surface area (Å²) in [6.45, 7) is 18.7. The Morgan fingerprint density at radius 2 is 0.887 bits per heavy atom. The van der Waals surface area contributed by atoms with Crippen LogP contribution in [0.1, 0.15) is 77.6 Å². The summed E-state index contributed by atoms with van der Waals surface area (Å²) in [5.41, 5.74) is 21.2. The summed E-state index contributed by atoms with van der Waals surface area (Å²) in [6.07, 6.45) is 0. The molecule has 0 N–H and O–H groups in total. The van der Waals surface area contributed by atoms with Gasteiger partial charge in [-0.2, -0.15) is 0 Å². The molecular weight excluding hydrogens is 875 g/mol. The fourth-order valence-electron chi connectivity index (χ4n) is 11.3. The molecule has 0 saturated carbocycles. The van der Waals surface area contributed by atoms with Gasteiger partial charge in [0.05, 0.1) is 5.69 Å². The fourth-order valence-corrected chi connectivity index (χ4v) is 12.4. The van der Waals surface area contributed by atoms with E-state index in [4.69, 9.17) is 0 Å². The normalized spacial score (nSPS) is 13.2. The van der Waals surface area contributed by atoms with Gasteiger partial charge in [-0.15, -0.1) is 11.3 Å². The Kier molecular flexibility index (Phi) is 10.6. The molecule has 0 atom stereocenters. The van der Waals surface area contributed by atoms with E-state index >= 15 is 0 Å². The maximum Gasteiger partial charge on any atom is 0.0540 e. The lowest BCUT2D eigenvalue weighted by Crippen LogP contribution is -2.16. The molecule has 0 amide bonds. The van der Waals surface area contributed by atoms with E-state index in [0.29, 0.717) is 0 Å². The molecule has 346 valence electrons. The highest BCUT2D eigenvalue weighted by Crippen LogP contribution is 2.51. The van der Waals surface area contributed by atoms with Gasteiger partial charge in [0.25, 0.3) is 0 Å². The van der Waals surface area contributed by atoms with Crippen molar-refractivity contribution in [3.05, 3.63) is 235 Å². The smallest absolute Gasteiger partial charge is 0.0540 e. The van der Waals surface area contributed by atoms with Crippen LogP contribution < -0.4 is 4.90 Å². The third kappa shape index (κ3) is 7.68. The van der Waals surface area contributed by atoms with Gasteiger partial charge in [0.1, 0.15) is 0 Å². The first-order valence-electron chi connectivity index (χ1n) is 25.2. The molecule has 11 aromatic rings. The Bertz CT molecular complexity index is 3810. The first-order valence-corrected chi connectivity index (χ1v) is 26.0. The van der Waals surface area contributed by atoms with Gasteiger partial charge < -0.3 is 4.90 Å². The van der Waals surface area contributed by atoms with Crippen LogP contribution in [-0.4, -0.2) is 0 Å². The summed E-state index contributed by atoms with van der Waals surface area (Å²) >= 11 is 1.87. The van der Waals surface area contributed by atoms with Crippen molar-refractivity contribution >= 4 is 59.3 Å². The van der Waals surface area contributed by atoms with E-state index in [1.54, 1.807) is 0 Å². The summed E-state index contributed by atoms with van der Waals surface area (Å²) in [4.78, 5) is 2.46. The SMILES string of the molecule is CC(C)(C)c1cc(-c2cccc3cccc(-c4ccccc4N(c4ccc(-c5ccc6c(c5)C(C)(C)c5ccccc5-6)cc4)c4ccc(-c5cccc6sc7ccccc7c56)cc4)c23)cc(C(C)(C)C)c1. The molecule has 0 spiro atoms. The van der Waals surface area contributed by atoms with E-state index in [0.717, 1.165) is 17.1 Å². The van der Waals surface area contributed by atoms with Crippen LogP contribution in [-0.2, 0) is 16.2 Å². The largest absolute Gasteiger partial charge is 0.310 e. The average molecular weight is 934 g/mol. The van der Waals surface area contributed by atoms with E-state index in [2.05, 4.69) is 273 Å². The Balaban J connectivity index is 1.02. The van der Waals surface area contributed by atoms with E-state index in [-0.39, 0.29) is 16.2 Å². The van der Waals surface area contributed by atoms with Crippen LogP contribution in [0.2, 0.25) is 0 Å². The summed E-state index contributed by atoms with van der Waals surface area (Å²) < 4.78 is 2.63. The molecule has 1 aromatic heterocycles. The van der Waals surface area contributed by atoms with E-state index in [9.17, 15) is 0 Å². The minimum absolute atomic E-state index is 0.00534. The zero-order valence-corrected chi connectivity index (χ0v) is 42.9. The van der Waals surface area contributed by atoms with Crippen molar-refractivity contribution in [2.75, 3.05) is 4.90 Å². The number of para-hydroxylation sites is 1. The van der Waals surface area contributed by atoms with Crippen LogP contribution in [0.15, 0.2) is 212 Å². The molecule has 1 heterocycles. The zero-order valence-electron chi connectivity index (χ0n) is 42.1. The molecule has 0 aliphatic heterocycles. The number of fused-ring (bicyclic) bond motifs is 7. The molecule has 0 fully saturated rings. The molecule has 10 aromatic carbocycles. The topological polar surface area (TPSA) is 3.24 Å². The highest BCUT2D eigenvalue weighted by atomic mass is 32.1. The molecule has 71 heavy (non-hydrogen) atoms. The number of rotatable bonds is 7. The molecule has 1 nitrogen and oxygen atoms in total. The fraction of sp³-hybridized carbons (Fsp3) is 0.159. The van der Waals surface area contributed by atoms with Crippen LogP contribution in [0.4, 0.5) is 17.1 Å². The lowest BCUT2D eigenvalue weighted by atomic mass is 9.78. The molecule has 0 saturated heterocycles. The van der Waals surface area contributed by atoms with Crippen molar-refractivity contribution in [3.8, 4) is 55.6 Å². The van der Waals surface area contributed by atoms with Gasteiger partial charge in [-0.3, -0.25) is 0 Å². The van der Waals surface area contributed by atoms with E-state index < -0.39 is 0 Å².